The first-order valence-corrected chi connectivity index (χ1v) is 6.55. The minimum absolute atomic E-state index is 0.269. The van der Waals surface area contributed by atoms with Gasteiger partial charge < -0.3 is 9.15 Å². The maximum atomic E-state index is 5.77. The van der Waals surface area contributed by atoms with Crippen LogP contribution in [0.1, 0.15) is 18.2 Å². The topological polar surface area (TPSA) is 34.4 Å². The van der Waals surface area contributed by atoms with Crippen LogP contribution in [-0.2, 0) is 16.8 Å². The van der Waals surface area contributed by atoms with Crippen molar-refractivity contribution >= 4 is 11.6 Å². The standard InChI is InChI=1S/C15H18ClNO2/c1-15(11-18-2,12-6-4-3-5-7-12)17-10-13-8-9-14(16)19-13/h3-9,17H,10-11H2,1-2H3. The molecule has 0 saturated heterocycles. The normalized spacial score (nSPS) is 14.3. The van der Waals surface area contributed by atoms with Gasteiger partial charge in [0.15, 0.2) is 5.22 Å². The lowest BCUT2D eigenvalue weighted by molar-refractivity contribution is 0.115. The summed E-state index contributed by atoms with van der Waals surface area (Å²) in [6.07, 6.45) is 0. The van der Waals surface area contributed by atoms with E-state index in [0.29, 0.717) is 18.4 Å². The Balaban J connectivity index is 2.11. The van der Waals surface area contributed by atoms with Crippen LogP contribution in [-0.4, -0.2) is 13.7 Å². The molecule has 0 bridgehead atoms. The van der Waals surface area contributed by atoms with E-state index in [1.165, 1.54) is 5.56 Å². The van der Waals surface area contributed by atoms with Crippen LogP contribution >= 0.6 is 11.6 Å². The van der Waals surface area contributed by atoms with E-state index in [9.17, 15) is 0 Å². The molecule has 19 heavy (non-hydrogen) atoms. The summed E-state index contributed by atoms with van der Waals surface area (Å²) in [5.41, 5.74) is 0.907. The first kappa shape index (κ1) is 14.1. The summed E-state index contributed by atoms with van der Waals surface area (Å²) in [5, 5.41) is 3.87. The molecule has 102 valence electrons. The second-order valence-corrected chi connectivity index (χ2v) is 5.06. The smallest absolute Gasteiger partial charge is 0.193 e. The fourth-order valence-corrected chi connectivity index (χ4v) is 2.22. The lowest BCUT2D eigenvalue weighted by Gasteiger charge is -2.30. The van der Waals surface area contributed by atoms with Gasteiger partial charge in [-0.05, 0) is 36.2 Å². The van der Waals surface area contributed by atoms with Gasteiger partial charge in [-0.1, -0.05) is 30.3 Å². The maximum absolute atomic E-state index is 5.77. The van der Waals surface area contributed by atoms with Gasteiger partial charge in [-0.2, -0.15) is 0 Å². The van der Waals surface area contributed by atoms with Crippen molar-refractivity contribution in [1.29, 1.82) is 0 Å². The zero-order chi connectivity index (χ0) is 13.7. The highest BCUT2D eigenvalue weighted by Crippen LogP contribution is 2.22. The third-order valence-corrected chi connectivity index (χ3v) is 3.33. The first-order chi connectivity index (χ1) is 9.14. The zero-order valence-corrected chi connectivity index (χ0v) is 11.9. The van der Waals surface area contributed by atoms with E-state index in [1.807, 2.05) is 24.3 Å². The van der Waals surface area contributed by atoms with Crippen LogP contribution in [0.2, 0.25) is 5.22 Å². The summed E-state index contributed by atoms with van der Waals surface area (Å²) in [7, 11) is 1.70. The van der Waals surface area contributed by atoms with Crippen LogP contribution in [0.5, 0.6) is 0 Å². The average Bonchev–Trinajstić information content (AvgIpc) is 2.84. The van der Waals surface area contributed by atoms with Gasteiger partial charge in [0.1, 0.15) is 5.76 Å². The Morgan fingerprint density at radius 1 is 1.21 bits per heavy atom. The van der Waals surface area contributed by atoms with Crippen LogP contribution in [0.15, 0.2) is 46.9 Å². The summed E-state index contributed by atoms with van der Waals surface area (Å²) in [4.78, 5) is 0. The number of hydrogen-bond donors (Lipinski definition) is 1. The number of hydrogen-bond acceptors (Lipinski definition) is 3. The van der Waals surface area contributed by atoms with Crippen LogP contribution in [0.4, 0.5) is 0 Å². The molecule has 3 nitrogen and oxygen atoms in total. The minimum atomic E-state index is -0.269. The predicted octanol–water partition coefficient (Wildman–Crippen LogP) is 3.58. The number of benzene rings is 1. The van der Waals surface area contributed by atoms with Crippen molar-refractivity contribution in [2.24, 2.45) is 0 Å². The fraction of sp³-hybridized carbons (Fsp3) is 0.333. The van der Waals surface area contributed by atoms with Crippen LogP contribution < -0.4 is 5.32 Å². The molecule has 1 atom stereocenters. The predicted molar refractivity (Wildman–Crippen MR) is 76.2 cm³/mol. The van der Waals surface area contributed by atoms with Crippen molar-refractivity contribution in [1.82, 2.24) is 5.32 Å². The summed E-state index contributed by atoms with van der Waals surface area (Å²) in [5.74, 6) is 0.809. The average molecular weight is 280 g/mol. The molecule has 0 saturated carbocycles. The van der Waals surface area contributed by atoms with Crippen LogP contribution in [0.3, 0.4) is 0 Å². The van der Waals surface area contributed by atoms with E-state index < -0.39 is 0 Å². The number of rotatable bonds is 6. The van der Waals surface area contributed by atoms with E-state index in [2.05, 4.69) is 24.4 Å². The highest BCUT2D eigenvalue weighted by molar-refractivity contribution is 6.28. The Kier molecular flexibility index (Phi) is 4.64. The van der Waals surface area contributed by atoms with E-state index in [0.717, 1.165) is 5.76 Å². The summed E-state index contributed by atoms with van der Waals surface area (Å²) < 4.78 is 10.7. The minimum Gasteiger partial charge on any atom is -0.448 e. The van der Waals surface area contributed by atoms with Crippen molar-refractivity contribution in [2.75, 3.05) is 13.7 Å². The molecule has 1 unspecified atom stereocenters. The molecule has 1 heterocycles. The molecular formula is C15H18ClNO2. The van der Waals surface area contributed by atoms with Crippen molar-refractivity contribution in [3.63, 3.8) is 0 Å². The second kappa shape index (κ2) is 6.24. The summed E-state index contributed by atoms with van der Waals surface area (Å²) in [6, 6.07) is 13.8. The summed E-state index contributed by atoms with van der Waals surface area (Å²) >= 11 is 5.77. The molecule has 2 aromatic rings. The third-order valence-electron chi connectivity index (χ3n) is 3.13. The highest BCUT2D eigenvalue weighted by atomic mass is 35.5. The molecule has 1 aromatic carbocycles. The van der Waals surface area contributed by atoms with Crippen molar-refractivity contribution in [3.05, 3.63) is 59.0 Å². The van der Waals surface area contributed by atoms with Gasteiger partial charge in [-0.3, -0.25) is 5.32 Å². The second-order valence-electron chi connectivity index (χ2n) is 4.69. The van der Waals surface area contributed by atoms with E-state index in [-0.39, 0.29) is 5.54 Å². The largest absolute Gasteiger partial charge is 0.448 e. The number of ether oxygens (including phenoxy) is 1. The molecule has 0 aliphatic carbocycles. The number of halogens is 1. The molecule has 0 fully saturated rings. The maximum Gasteiger partial charge on any atom is 0.193 e. The molecular weight excluding hydrogens is 262 g/mol. The van der Waals surface area contributed by atoms with E-state index in [4.69, 9.17) is 20.8 Å². The SMILES string of the molecule is COCC(C)(NCc1ccc(Cl)o1)c1ccccc1. The molecule has 0 spiro atoms. The van der Waals surface area contributed by atoms with Gasteiger partial charge in [0.05, 0.1) is 18.7 Å². The zero-order valence-electron chi connectivity index (χ0n) is 11.2. The molecule has 4 heteroatoms. The molecule has 0 amide bonds. The van der Waals surface area contributed by atoms with Crippen molar-refractivity contribution in [3.8, 4) is 0 Å². The molecule has 1 N–H and O–H groups in total. The van der Waals surface area contributed by atoms with Gasteiger partial charge in [0.2, 0.25) is 0 Å². The molecule has 2 rings (SSSR count). The van der Waals surface area contributed by atoms with Gasteiger partial charge in [0, 0.05) is 7.11 Å². The van der Waals surface area contributed by atoms with Gasteiger partial charge in [0.25, 0.3) is 0 Å². The fourth-order valence-electron chi connectivity index (χ4n) is 2.06. The van der Waals surface area contributed by atoms with E-state index >= 15 is 0 Å². The Hall–Kier alpha value is -1.29. The van der Waals surface area contributed by atoms with Crippen LogP contribution in [0, 0.1) is 0 Å². The number of nitrogens with one attached hydrogen (secondary N) is 1. The highest BCUT2D eigenvalue weighted by Gasteiger charge is 2.26. The van der Waals surface area contributed by atoms with E-state index in [1.54, 1.807) is 13.2 Å². The van der Waals surface area contributed by atoms with Gasteiger partial charge in [-0.15, -0.1) is 0 Å². The van der Waals surface area contributed by atoms with Crippen molar-refractivity contribution in [2.45, 2.75) is 19.0 Å². The third kappa shape index (κ3) is 3.60. The van der Waals surface area contributed by atoms with Crippen molar-refractivity contribution < 1.29 is 9.15 Å². The molecule has 1 aromatic heterocycles. The van der Waals surface area contributed by atoms with Gasteiger partial charge >= 0.3 is 0 Å². The monoisotopic (exact) mass is 279 g/mol. The number of furan rings is 1. The quantitative estimate of drug-likeness (QED) is 0.878. The van der Waals surface area contributed by atoms with Gasteiger partial charge in [-0.25, -0.2) is 0 Å². The lowest BCUT2D eigenvalue weighted by Crippen LogP contribution is -2.42. The Morgan fingerprint density at radius 2 is 1.95 bits per heavy atom. The Labute approximate surface area is 118 Å². The molecule has 0 aliphatic heterocycles. The molecule has 0 radical (unpaired) electrons. The Bertz CT molecular complexity index is 512. The Morgan fingerprint density at radius 3 is 2.53 bits per heavy atom. The summed E-state index contributed by atoms with van der Waals surface area (Å²) in [6.45, 7) is 3.28. The molecule has 0 aliphatic rings. The van der Waals surface area contributed by atoms with Crippen LogP contribution in [0.25, 0.3) is 0 Å². The first-order valence-electron chi connectivity index (χ1n) is 6.18. The number of methoxy groups -OCH3 is 1. The lowest BCUT2D eigenvalue weighted by atomic mass is 9.93.